The number of alkyl halides is 2. The fourth-order valence-corrected chi connectivity index (χ4v) is 1.43. The van der Waals surface area contributed by atoms with Crippen LogP contribution in [-0.4, -0.2) is 30.1 Å². The maximum absolute atomic E-state index is 13.2. The van der Waals surface area contributed by atoms with Crippen LogP contribution in [0.4, 0.5) is 8.78 Å². The van der Waals surface area contributed by atoms with Crippen LogP contribution >= 0.6 is 0 Å². The van der Waals surface area contributed by atoms with Gasteiger partial charge < -0.3 is 9.47 Å². The van der Waals surface area contributed by atoms with Crippen LogP contribution in [0.25, 0.3) is 0 Å². The van der Waals surface area contributed by atoms with Crippen molar-refractivity contribution in [1.82, 2.24) is 4.98 Å². The maximum atomic E-state index is 13.2. The molecule has 0 amide bonds. The van der Waals surface area contributed by atoms with Crippen LogP contribution in [0.2, 0.25) is 0 Å². The second-order valence-electron chi connectivity index (χ2n) is 3.92. The number of carbonyl (C=O) groups excluding carboxylic acids is 2. The molecule has 0 aliphatic rings. The van der Waals surface area contributed by atoms with E-state index in [1.165, 1.54) is 0 Å². The van der Waals surface area contributed by atoms with E-state index in [0.29, 0.717) is 6.92 Å². The highest BCUT2D eigenvalue weighted by Gasteiger charge is 2.30. The van der Waals surface area contributed by atoms with Crippen LogP contribution in [0, 0.1) is 0 Å². The molecule has 1 rings (SSSR count). The number of ether oxygens (including phenoxy) is 2. The zero-order chi connectivity index (χ0) is 15.3. The fourth-order valence-electron chi connectivity index (χ4n) is 1.43. The van der Waals surface area contributed by atoms with Crippen LogP contribution in [0.1, 0.15) is 47.3 Å². The van der Waals surface area contributed by atoms with Gasteiger partial charge in [-0.15, -0.1) is 0 Å². The number of carbonyl (C=O) groups is 2. The molecular formula is C13H15F2NO4. The molecule has 1 aromatic rings. The monoisotopic (exact) mass is 287 g/mol. The molecule has 0 fully saturated rings. The first-order chi connectivity index (χ1) is 9.31. The first kappa shape index (κ1) is 16.0. The van der Waals surface area contributed by atoms with Gasteiger partial charge in [-0.25, -0.2) is 14.6 Å². The van der Waals surface area contributed by atoms with Gasteiger partial charge in [0.25, 0.3) is 5.92 Å². The van der Waals surface area contributed by atoms with Gasteiger partial charge in [0, 0.05) is 6.92 Å². The summed E-state index contributed by atoms with van der Waals surface area (Å²) in [4.78, 5) is 26.9. The third kappa shape index (κ3) is 3.72. The molecule has 110 valence electrons. The number of aromatic nitrogens is 1. The molecule has 0 unspecified atom stereocenters. The summed E-state index contributed by atoms with van der Waals surface area (Å²) < 4.78 is 35.9. The van der Waals surface area contributed by atoms with E-state index in [1.807, 2.05) is 0 Å². The zero-order valence-electron chi connectivity index (χ0n) is 11.4. The number of esters is 2. The van der Waals surface area contributed by atoms with Crippen molar-refractivity contribution < 1.29 is 27.8 Å². The summed E-state index contributed by atoms with van der Waals surface area (Å²) in [5.74, 6) is -4.98. The summed E-state index contributed by atoms with van der Waals surface area (Å²) in [6.45, 7) is 3.92. The van der Waals surface area contributed by atoms with Crippen LogP contribution in [0.5, 0.6) is 0 Å². The first-order valence-corrected chi connectivity index (χ1v) is 6.04. The lowest BCUT2D eigenvalue weighted by Crippen LogP contribution is -2.19. The fraction of sp³-hybridized carbons (Fsp3) is 0.462. The predicted octanol–water partition coefficient (Wildman–Crippen LogP) is 2.55. The lowest BCUT2D eigenvalue weighted by Gasteiger charge is -2.13. The average molecular weight is 287 g/mol. The van der Waals surface area contributed by atoms with Crippen molar-refractivity contribution in [3.63, 3.8) is 0 Å². The Morgan fingerprint density at radius 1 is 1.15 bits per heavy atom. The number of hydrogen-bond donors (Lipinski definition) is 0. The highest BCUT2D eigenvalue weighted by molar-refractivity contribution is 6.01. The lowest BCUT2D eigenvalue weighted by molar-refractivity contribution is 0.0121. The first-order valence-electron chi connectivity index (χ1n) is 6.04. The Labute approximate surface area is 114 Å². The summed E-state index contributed by atoms with van der Waals surface area (Å²) in [6, 6.07) is 2.07. The summed E-state index contributed by atoms with van der Waals surface area (Å²) in [7, 11) is 0. The number of pyridine rings is 1. The number of nitrogens with zero attached hydrogens (tertiary/aromatic N) is 1. The van der Waals surface area contributed by atoms with Crippen molar-refractivity contribution in [1.29, 1.82) is 0 Å². The smallest absolute Gasteiger partial charge is 0.357 e. The zero-order valence-corrected chi connectivity index (χ0v) is 11.4. The summed E-state index contributed by atoms with van der Waals surface area (Å²) in [5.41, 5.74) is -1.28. The molecular weight excluding hydrogens is 272 g/mol. The molecule has 0 saturated carbocycles. The highest BCUT2D eigenvalue weighted by atomic mass is 19.3. The molecule has 0 saturated heterocycles. The second-order valence-corrected chi connectivity index (χ2v) is 3.92. The van der Waals surface area contributed by atoms with Gasteiger partial charge in [-0.1, -0.05) is 0 Å². The summed E-state index contributed by atoms with van der Waals surface area (Å²) in [6.07, 6.45) is 0. The van der Waals surface area contributed by atoms with E-state index in [-0.39, 0.29) is 18.8 Å². The SMILES string of the molecule is CCOC(=O)c1ccc(C(C)(F)F)nc1C(=O)OCC. The molecule has 0 spiro atoms. The van der Waals surface area contributed by atoms with E-state index < -0.39 is 29.2 Å². The van der Waals surface area contributed by atoms with Gasteiger partial charge >= 0.3 is 11.9 Å². The van der Waals surface area contributed by atoms with Crippen molar-refractivity contribution >= 4 is 11.9 Å². The standard InChI is InChI=1S/C13H15F2NO4/c1-4-19-11(17)8-6-7-9(13(3,14)15)16-10(8)12(18)20-5-2/h6-7H,4-5H2,1-3H3. The number of halogens is 2. The van der Waals surface area contributed by atoms with E-state index >= 15 is 0 Å². The van der Waals surface area contributed by atoms with Gasteiger partial charge in [0.15, 0.2) is 5.69 Å². The second kappa shape index (κ2) is 6.40. The van der Waals surface area contributed by atoms with Gasteiger partial charge in [-0.2, -0.15) is 8.78 Å². The third-order valence-electron chi connectivity index (χ3n) is 2.31. The molecule has 1 heterocycles. The maximum Gasteiger partial charge on any atom is 0.357 e. The minimum absolute atomic E-state index is 0.0372. The molecule has 20 heavy (non-hydrogen) atoms. The predicted molar refractivity (Wildman–Crippen MR) is 65.7 cm³/mol. The topological polar surface area (TPSA) is 65.5 Å². The molecule has 0 aliphatic carbocycles. The van der Waals surface area contributed by atoms with E-state index in [4.69, 9.17) is 9.47 Å². The number of rotatable bonds is 5. The molecule has 0 radical (unpaired) electrons. The molecule has 0 N–H and O–H groups in total. The Bertz CT molecular complexity index is 512. The van der Waals surface area contributed by atoms with Crippen LogP contribution < -0.4 is 0 Å². The normalized spacial score (nSPS) is 11.1. The van der Waals surface area contributed by atoms with Crippen molar-refractivity contribution in [3.05, 3.63) is 29.1 Å². The Morgan fingerprint density at radius 2 is 1.70 bits per heavy atom. The Morgan fingerprint density at radius 3 is 2.20 bits per heavy atom. The number of hydrogen-bond acceptors (Lipinski definition) is 5. The Balaban J connectivity index is 3.30. The van der Waals surface area contributed by atoms with Gasteiger partial charge in [0.1, 0.15) is 5.69 Å². The van der Waals surface area contributed by atoms with Gasteiger partial charge in [-0.3, -0.25) is 0 Å². The van der Waals surface area contributed by atoms with E-state index in [1.54, 1.807) is 13.8 Å². The van der Waals surface area contributed by atoms with Crippen LogP contribution in [-0.2, 0) is 15.4 Å². The molecule has 5 nitrogen and oxygen atoms in total. The van der Waals surface area contributed by atoms with Crippen molar-refractivity contribution in [3.8, 4) is 0 Å². The molecule has 1 aromatic heterocycles. The molecule has 0 bridgehead atoms. The minimum Gasteiger partial charge on any atom is -0.462 e. The van der Waals surface area contributed by atoms with Gasteiger partial charge in [0.2, 0.25) is 0 Å². The molecule has 0 aromatic carbocycles. The van der Waals surface area contributed by atoms with Gasteiger partial charge in [-0.05, 0) is 26.0 Å². The molecule has 7 heteroatoms. The summed E-state index contributed by atoms with van der Waals surface area (Å²) >= 11 is 0. The van der Waals surface area contributed by atoms with Crippen molar-refractivity contribution in [2.24, 2.45) is 0 Å². The quantitative estimate of drug-likeness (QED) is 0.779. The van der Waals surface area contributed by atoms with Crippen molar-refractivity contribution in [2.45, 2.75) is 26.7 Å². The van der Waals surface area contributed by atoms with Crippen LogP contribution in [0.3, 0.4) is 0 Å². The highest BCUT2D eigenvalue weighted by Crippen LogP contribution is 2.26. The molecule has 0 atom stereocenters. The average Bonchev–Trinajstić information content (AvgIpc) is 2.37. The summed E-state index contributed by atoms with van der Waals surface area (Å²) in [5, 5.41) is 0. The van der Waals surface area contributed by atoms with E-state index in [0.717, 1.165) is 12.1 Å². The van der Waals surface area contributed by atoms with Crippen LogP contribution in [0.15, 0.2) is 12.1 Å². The minimum atomic E-state index is -3.23. The lowest BCUT2D eigenvalue weighted by atomic mass is 10.1. The van der Waals surface area contributed by atoms with Gasteiger partial charge in [0.05, 0.1) is 18.8 Å². The largest absolute Gasteiger partial charge is 0.462 e. The Kier molecular flexibility index (Phi) is 5.12. The van der Waals surface area contributed by atoms with Crippen molar-refractivity contribution in [2.75, 3.05) is 13.2 Å². The van der Waals surface area contributed by atoms with E-state index in [9.17, 15) is 18.4 Å². The third-order valence-corrected chi connectivity index (χ3v) is 2.31. The van der Waals surface area contributed by atoms with E-state index in [2.05, 4.69) is 4.98 Å². The Hall–Kier alpha value is -2.05. The molecule has 0 aliphatic heterocycles.